The number of nitrogens with one attached hydrogen (secondary N) is 1. The van der Waals surface area contributed by atoms with Crippen LogP contribution in [-0.4, -0.2) is 20.3 Å². The van der Waals surface area contributed by atoms with E-state index in [0.717, 1.165) is 22.3 Å². The molecule has 1 unspecified atom stereocenters. The molecule has 3 aromatic carbocycles. The molecule has 3 aromatic rings. The summed E-state index contributed by atoms with van der Waals surface area (Å²) in [6.45, 7) is 1.92. The average molecular weight is 400 g/mol. The van der Waals surface area contributed by atoms with Crippen LogP contribution >= 0.6 is 11.6 Å². The SMILES string of the molecule is Cc1ccc(S(=O)(=O)NC(CCl)Cc2ccc(-c3ccccc3)cc2)cc1. The molecule has 0 aliphatic carbocycles. The zero-order valence-corrected chi connectivity index (χ0v) is 16.7. The highest BCUT2D eigenvalue weighted by Crippen LogP contribution is 2.20. The Balaban J connectivity index is 1.70. The molecule has 0 saturated carbocycles. The highest BCUT2D eigenvalue weighted by molar-refractivity contribution is 7.89. The van der Waals surface area contributed by atoms with Gasteiger partial charge in [-0.2, -0.15) is 0 Å². The van der Waals surface area contributed by atoms with Crippen LogP contribution in [-0.2, 0) is 16.4 Å². The highest BCUT2D eigenvalue weighted by atomic mass is 35.5. The van der Waals surface area contributed by atoms with E-state index in [-0.39, 0.29) is 16.8 Å². The van der Waals surface area contributed by atoms with E-state index in [0.29, 0.717) is 6.42 Å². The molecule has 0 aliphatic heterocycles. The van der Waals surface area contributed by atoms with Crippen molar-refractivity contribution in [3.05, 3.63) is 90.0 Å². The molecule has 3 nitrogen and oxygen atoms in total. The summed E-state index contributed by atoms with van der Waals surface area (Å²) in [5.74, 6) is 0.200. The normalized spacial score (nSPS) is 12.7. The fraction of sp³-hybridized carbons (Fsp3) is 0.182. The van der Waals surface area contributed by atoms with Crippen LogP contribution in [0.15, 0.2) is 83.8 Å². The minimum Gasteiger partial charge on any atom is -0.207 e. The van der Waals surface area contributed by atoms with Crippen LogP contribution < -0.4 is 4.72 Å². The molecule has 0 heterocycles. The van der Waals surface area contributed by atoms with Gasteiger partial charge in [-0.1, -0.05) is 72.3 Å². The molecule has 1 N–H and O–H groups in total. The van der Waals surface area contributed by atoms with Crippen LogP contribution in [0.2, 0.25) is 0 Å². The summed E-state index contributed by atoms with van der Waals surface area (Å²) < 4.78 is 27.9. The monoisotopic (exact) mass is 399 g/mol. The molecule has 0 radical (unpaired) electrons. The van der Waals surface area contributed by atoms with Gasteiger partial charge in [0.2, 0.25) is 10.0 Å². The fourth-order valence-electron chi connectivity index (χ4n) is 2.88. The molecular formula is C22H22ClNO2S. The quantitative estimate of drug-likeness (QED) is 0.580. The van der Waals surface area contributed by atoms with Gasteiger partial charge in [0.1, 0.15) is 0 Å². The van der Waals surface area contributed by atoms with E-state index in [4.69, 9.17) is 11.6 Å². The van der Waals surface area contributed by atoms with Crippen molar-refractivity contribution in [3.8, 4) is 11.1 Å². The highest BCUT2D eigenvalue weighted by Gasteiger charge is 2.19. The van der Waals surface area contributed by atoms with Crippen molar-refractivity contribution in [1.29, 1.82) is 0 Å². The Morgan fingerprint density at radius 3 is 2.04 bits per heavy atom. The lowest BCUT2D eigenvalue weighted by Crippen LogP contribution is -2.37. The van der Waals surface area contributed by atoms with E-state index in [1.165, 1.54) is 0 Å². The summed E-state index contributed by atoms with van der Waals surface area (Å²) in [5.41, 5.74) is 4.33. The van der Waals surface area contributed by atoms with Crippen molar-refractivity contribution >= 4 is 21.6 Å². The first-order valence-corrected chi connectivity index (χ1v) is 10.8. The van der Waals surface area contributed by atoms with Gasteiger partial charge in [0.15, 0.2) is 0 Å². The number of alkyl halides is 1. The molecule has 0 bridgehead atoms. The van der Waals surface area contributed by atoms with Crippen LogP contribution in [0.5, 0.6) is 0 Å². The molecule has 1 atom stereocenters. The lowest BCUT2D eigenvalue weighted by Gasteiger charge is -2.17. The van der Waals surface area contributed by atoms with Crippen LogP contribution in [0.4, 0.5) is 0 Å². The second-order valence-electron chi connectivity index (χ2n) is 6.55. The number of rotatable bonds is 7. The Bertz CT molecular complexity index is 969. The molecule has 0 aromatic heterocycles. The molecule has 3 rings (SSSR count). The van der Waals surface area contributed by atoms with E-state index in [1.807, 2.05) is 49.4 Å². The number of sulfonamides is 1. The fourth-order valence-corrected chi connectivity index (χ4v) is 4.39. The molecular weight excluding hydrogens is 378 g/mol. The number of benzene rings is 3. The van der Waals surface area contributed by atoms with Gasteiger partial charge < -0.3 is 0 Å². The first kappa shape index (κ1) is 19.6. The van der Waals surface area contributed by atoms with Gasteiger partial charge in [-0.3, -0.25) is 0 Å². The minimum absolute atomic E-state index is 0.200. The summed E-state index contributed by atoms with van der Waals surface area (Å²) >= 11 is 6.04. The molecule has 0 aliphatic rings. The zero-order valence-electron chi connectivity index (χ0n) is 15.1. The molecule has 27 heavy (non-hydrogen) atoms. The van der Waals surface area contributed by atoms with E-state index in [1.54, 1.807) is 24.3 Å². The Morgan fingerprint density at radius 2 is 1.44 bits per heavy atom. The van der Waals surface area contributed by atoms with E-state index in [9.17, 15) is 8.42 Å². The van der Waals surface area contributed by atoms with Gasteiger partial charge >= 0.3 is 0 Å². The zero-order chi connectivity index (χ0) is 19.3. The Morgan fingerprint density at radius 1 is 0.852 bits per heavy atom. The minimum atomic E-state index is -3.59. The molecule has 0 amide bonds. The number of hydrogen-bond donors (Lipinski definition) is 1. The topological polar surface area (TPSA) is 46.2 Å². The average Bonchev–Trinajstić information content (AvgIpc) is 2.69. The summed E-state index contributed by atoms with van der Waals surface area (Å²) in [4.78, 5) is 0.252. The van der Waals surface area contributed by atoms with E-state index in [2.05, 4.69) is 16.9 Å². The maximum atomic E-state index is 12.6. The van der Waals surface area contributed by atoms with Crippen molar-refractivity contribution in [3.63, 3.8) is 0 Å². The van der Waals surface area contributed by atoms with E-state index >= 15 is 0 Å². The Labute approximate surface area is 166 Å². The number of halogens is 1. The van der Waals surface area contributed by atoms with Crippen LogP contribution in [0.1, 0.15) is 11.1 Å². The predicted octanol–water partition coefficient (Wildman–Crippen LogP) is 4.79. The number of hydrogen-bond acceptors (Lipinski definition) is 2. The third-order valence-electron chi connectivity index (χ3n) is 4.38. The van der Waals surface area contributed by atoms with Gasteiger partial charge in [-0.15, -0.1) is 11.6 Å². The van der Waals surface area contributed by atoms with Gasteiger partial charge in [0.25, 0.3) is 0 Å². The number of aryl methyl sites for hydroxylation is 1. The van der Waals surface area contributed by atoms with Crippen molar-refractivity contribution in [2.24, 2.45) is 0 Å². The van der Waals surface area contributed by atoms with Gasteiger partial charge in [-0.25, -0.2) is 13.1 Å². The standard InChI is InChI=1S/C22H22ClNO2S/c1-17-7-13-22(14-8-17)27(25,26)24-21(16-23)15-18-9-11-20(12-10-18)19-5-3-2-4-6-19/h2-14,21,24H,15-16H2,1H3. The first-order valence-electron chi connectivity index (χ1n) is 8.77. The lowest BCUT2D eigenvalue weighted by molar-refractivity contribution is 0.561. The summed E-state index contributed by atoms with van der Waals surface area (Å²) in [6, 6.07) is 24.7. The van der Waals surface area contributed by atoms with Crippen LogP contribution in [0.25, 0.3) is 11.1 Å². The Kier molecular flexibility index (Phi) is 6.32. The summed E-state index contributed by atoms with van der Waals surface area (Å²) in [6.07, 6.45) is 0.531. The van der Waals surface area contributed by atoms with Crippen molar-refractivity contribution in [2.45, 2.75) is 24.3 Å². The molecule has 5 heteroatoms. The summed E-state index contributed by atoms with van der Waals surface area (Å²) in [5, 5.41) is 0. The van der Waals surface area contributed by atoms with Crippen molar-refractivity contribution in [2.75, 3.05) is 5.88 Å². The van der Waals surface area contributed by atoms with Gasteiger partial charge in [0.05, 0.1) is 4.90 Å². The maximum absolute atomic E-state index is 12.6. The molecule has 0 spiro atoms. The molecule has 0 saturated heterocycles. The van der Waals surface area contributed by atoms with Gasteiger partial charge in [0, 0.05) is 11.9 Å². The maximum Gasteiger partial charge on any atom is 0.240 e. The van der Waals surface area contributed by atoms with Crippen molar-refractivity contribution in [1.82, 2.24) is 4.72 Å². The largest absolute Gasteiger partial charge is 0.240 e. The predicted molar refractivity (Wildman–Crippen MR) is 112 cm³/mol. The second-order valence-corrected chi connectivity index (χ2v) is 8.58. The van der Waals surface area contributed by atoms with Crippen LogP contribution in [0.3, 0.4) is 0 Å². The smallest absolute Gasteiger partial charge is 0.207 e. The third-order valence-corrected chi connectivity index (χ3v) is 6.29. The molecule has 0 fully saturated rings. The summed E-state index contributed by atoms with van der Waals surface area (Å²) in [7, 11) is -3.59. The second kappa shape index (κ2) is 8.70. The third kappa shape index (κ3) is 5.19. The Hall–Kier alpha value is -2.14. The molecule has 140 valence electrons. The van der Waals surface area contributed by atoms with E-state index < -0.39 is 10.0 Å². The van der Waals surface area contributed by atoms with Gasteiger partial charge in [-0.05, 0) is 42.2 Å². The lowest BCUT2D eigenvalue weighted by atomic mass is 10.0. The first-order chi connectivity index (χ1) is 13.0. The van der Waals surface area contributed by atoms with Crippen molar-refractivity contribution < 1.29 is 8.42 Å². The van der Waals surface area contributed by atoms with Crippen LogP contribution in [0, 0.1) is 6.92 Å².